The molecule has 16 heteroatoms. The molecule has 3 atom stereocenters. The first-order valence-corrected chi connectivity index (χ1v) is 17.4. The summed E-state index contributed by atoms with van der Waals surface area (Å²) < 4.78 is 23.5. The van der Waals surface area contributed by atoms with Crippen molar-refractivity contribution in [3.05, 3.63) is 72.2 Å². The van der Waals surface area contributed by atoms with Crippen LogP contribution in [0.5, 0.6) is 0 Å². The summed E-state index contributed by atoms with van der Waals surface area (Å²) in [6.45, 7) is 12.9. The molecule has 0 aliphatic carbocycles. The molecule has 15 nitrogen and oxygen atoms in total. The molecule has 7 rings (SSSR count). The molecule has 52 heavy (non-hydrogen) atoms. The quantitative estimate of drug-likeness (QED) is 0.188. The lowest BCUT2D eigenvalue weighted by atomic mass is 9.96. The Morgan fingerprint density at radius 2 is 1.50 bits per heavy atom. The number of rotatable bonds is 4. The summed E-state index contributed by atoms with van der Waals surface area (Å²) >= 11 is 1.30. The van der Waals surface area contributed by atoms with Crippen molar-refractivity contribution in [1.29, 1.82) is 0 Å². The molecule has 5 aromatic heterocycles. The van der Waals surface area contributed by atoms with E-state index in [2.05, 4.69) is 47.4 Å². The van der Waals surface area contributed by atoms with Crippen LogP contribution < -0.4 is 16.0 Å². The molecule has 0 unspecified atom stereocenters. The number of hydrogen-bond acceptors (Lipinski definition) is 13. The maximum atomic E-state index is 14.0. The third kappa shape index (κ3) is 6.55. The summed E-state index contributed by atoms with van der Waals surface area (Å²) in [5.41, 5.74) is 1.98. The monoisotopic (exact) mass is 722 g/mol. The Hall–Kier alpha value is -6.16. The van der Waals surface area contributed by atoms with Gasteiger partial charge in [-0.1, -0.05) is 71.0 Å². The van der Waals surface area contributed by atoms with Crippen LogP contribution in [0, 0.1) is 18.8 Å². The summed E-state index contributed by atoms with van der Waals surface area (Å²) in [6, 6.07) is 6.94. The summed E-state index contributed by atoms with van der Waals surface area (Å²) in [7, 11) is 0. The van der Waals surface area contributed by atoms with Crippen LogP contribution in [0.1, 0.15) is 56.3 Å². The number of nitrogens with one attached hydrogen (secondary N) is 3. The van der Waals surface area contributed by atoms with Crippen LogP contribution in [0.25, 0.3) is 62.5 Å². The number of amides is 3. The average molecular weight is 723 g/mol. The van der Waals surface area contributed by atoms with Crippen LogP contribution in [0.4, 0.5) is 0 Å². The Morgan fingerprint density at radius 3 is 2.25 bits per heavy atom. The molecule has 1 aliphatic rings. The first-order valence-electron chi connectivity index (χ1n) is 16.5. The number of oxazole rings is 4. The van der Waals surface area contributed by atoms with E-state index in [9.17, 15) is 14.4 Å². The fourth-order valence-corrected chi connectivity index (χ4v) is 6.26. The third-order valence-corrected chi connectivity index (χ3v) is 9.47. The number of thiazole rings is 1. The number of aryl methyl sites for hydroxylation is 1. The van der Waals surface area contributed by atoms with Gasteiger partial charge in [0, 0.05) is 10.9 Å². The Kier molecular flexibility index (Phi) is 9.14. The highest BCUT2D eigenvalue weighted by Crippen LogP contribution is 2.34. The van der Waals surface area contributed by atoms with Gasteiger partial charge in [-0.15, -0.1) is 11.3 Å². The van der Waals surface area contributed by atoms with Gasteiger partial charge < -0.3 is 33.6 Å². The molecule has 6 heterocycles. The Balaban J connectivity index is 1.32. The zero-order valence-corrected chi connectivity index (χ0v) is 29.7. The van der Waals surface area contributed by atoms with Crippen molar-refractivity contribution in [3.63, 3.8) is 0 Å². The van der Waals surface area contributed by atoms with Crippen molar-refractivity contribution >= 4 is 34.8 Å². The first kappa shape index (κ1) is 34.3. The van der Waals surface area contributed by atoms with E-state index in [-0.39, 0.29) is 58.2 Å². The molecular weight excluding hydrogens is 689 g/mol. The van der Waals surface area contributed by atoms with Crippen LogP contribution in [0.3, 0.4) is 0 Å². The highest BCUT2D eigenvalue weighted by molar-refractivity contribution is 7.13. The minimum Gasteiger partial charge on any atom is -0.442 e. The fraction of sp³-hybridized carbons (Fsp3) is 0.278. The van der Waals surface area contributed by atoms with E-state index in [1.165, 1.54) is 23.9 Å². The first-order chi connectivity index (χ1) is 25.0. The van der Waals surface area contributed by atoms with Gasteiger partial charge in [0.2, 0.25) is 35.4 Å². The Bertz CT molecular complexity index is 2300. The zero-order valence-electron chi connectivity index (χ0n) is 28.8. The molecular formula is C36H34N8O7S. The zero-order chi connectivity index (χ0) is 36.7. The lowest BCUT2D eigenvalue weighted by molar-refractivity contribution is -0.131. The molecule has 0 spiro atoms. The molecule has 0 saturated heterocycles. The Labute approximate surface area is 301 Å². The van der Waals surface area contributed by atoms with Crippen LogP contribution >= 0.6 is 11.3 Å². The largest absolute Gasteiger partial charge is 0.442 e. The molecule has 3 N–H and O–H groups in total. The van der Waals surface area contributed by atoms with E-state index in [0.717, 1.165) is 0 Å². The van der Waals surface area contributed by atoms with Gasteiger partial charge in [-0.2, -0.15) is 0 Å². The molecule has 0 radical (unpaired) electrons. The fourth-order valence-electron chi connectivity index (χ4n) is 5.52. The summed E-state index contributed by atoms with van der Waals surface area (Å²) in [4.78, 5) is 64.3. The molecule has 3 amide bonds. The predicted molar refractivity (Wildman–Crippen MR) is 189 cm³/mol. The second-order valence-corrected chi connectivity index (χ2v) is 13.5. The lowest BCUT2D eigenvalue weighted by Gasteiger charge is -2.27. The van der Waals surface area contributed by atoms with Crippen molar-refractivity contribution in [2.45, 2.75) is 53.1 Å². The highest BCUT2D eigenvalue weighted by atomic mass is 32.1. The van der Waals surface area contributed by atoms with Crippen molar-refractivity contribution in [2.24, 2.45) is 11.8 Å². The maximum Gasteiger partial charge on any atom is 0.274 e. The van der Waals surface area contributed by atoms with Gasteiger partial charge >= 0.3 is 0 Å². The normalized spacial score (nSPS) is 17.3. The topological polar surface area (TPSA) is 204 Å². The minimum atomic E-state index is -1.04. The van der Waals surface area contributed by atoms with E-state index in [0.29, 0.717) is 39.8 Å². The van der Waals surface area contributed by atoms with Crippen molar-refractivity contribution < 1.29 is 32.1 Å². The van der Waals surface area contributed by atoms with Gasteiger partial charge in [0.15, 0.2) is 22.8 Å². The Morgan fingerprint density at radius 1 is 0.788 bits per heavy atom. The van der Waals surface area contributed by atoms with Gasteiger partial charge in [-0.3, -0.25) is 14.4 Å². The SMILES string of the molecule is C=C1NC(=O)[C@@H](C(C)C)NC(=O)[C@@H]([C@@H](C)CC)NC(=O)c2nc(oc2-c2ccccc2)-c2coc(n2)-c2csc(n2)-c2coc(n2)-c2nc1oc2C. The van der Waals surface area contributed by atoms with Crippen LogP contribution in [0.2, 0.25) is 0 Å². The number of benzene rings is 1. The second kappa shape index (κ2) is 13.9. The number of fused-ring (bicyclic) bond motifs is 14. The number of aromatic nitrogens is 5. The third-order valence-electron chi connectivity index (χ3n) is 8.61. The van der Waals surface area contributed by atoms with Gasteiger partial charge in [-0.05, 0) is 18.8 Å². The molecule has 10 bridgehead atoms. The number of nitrogens with zero attached hydrogens (tertiary/aromatic N) is 5. The molecule has 266 valence electrons. The van der Waals surface area contributed by atoms with Crippen LogP contribution in [-0.4, -0.2) is 54.7 Å². The van der Waals surface area contributed by atoms with Crippen LogP contribution in [-0.2, 0) is 9.59 Å². The lowest BCUT2D eigenvalue weighted by Crippen LogP contribution is -2.57. The summed E-state index contributed by atoms with van der Waals surface area (Å²) in [5, 5.41) is 10.7. The van der Waals surface area contributed by atoms with Gasteiger partial charge in [-0.25, -0.2) is 24.9 Å². The number of hydrogen-bond donors (Lipinski definition) is 3. The average Bonchev–Trinajstić information content (AvgIpc) is 3.97. The minimum absolute atomic E-state index is 0.0220. The van der Waals surface area contributed by atoms with Gasteiger partial charge in [0.05, 0.1) is 5.70 Å². The van der Waals surface area contributed by atoms with Crippen LogP contribution in [0.15, 0.2) is 72.5 Å². The van der Waals surface area contributed by atoms with Gasteiger partial charge in [0.25, 0.3) is 5.91 Å². The smallest absolute Gasteiger partial charge is 0.274 e. The van der Waals surface area contributed by atoms with Crippen molar-refractivity contribution in [1.82, 2.24) is 40.9 Å². The van der Waals surface area contributed by atoms with E-state index < -0.39 is 29.8 Å². The van der Waals surface area contributed by atoms with E-state index in [1.54, 1.807) is 50.4 Å². The maximum absolute atomic E-state index is 14.0. The standard InChI is InChI=1S/C36H34N8O7S/c1-7-17(4)25-30(46)41-24(16(2)3)29(45)37-18(5)32-43-26(19(6)50-32)35-39-22(14-49-35)36-40-23(15-52-36)33-38-21(13-48-33)34-44-27(31(47)42-25)28(51-34)20-11-9-8-10-12-20/h8-17,24-25H,5,7H2,1-4,6H3,(H,37,45)(H,41,46)(H,42,47)/t17-,24+,25+/m0/s1. The number of carbonyl (C=O) groups is 3. The van der Waals surface area contributed by atoms with Crippen molar-refractivity contribution in [3.8, 4) is 56.8 Å². The van der Waals surface area contributed by atoms with E-state index >= 15 is 0 Å². The summed E-state index contributed by atoms with van der Waals surface area (Å²) in [5.74, 6) is -1.47. The summed E-state index contributed by atoms with van der Waals surface area (Å²) in [6.07, 6.45) is 3.34. The second-order valence-electron chi connectivity index (χ2n) is 12.6. The van der Waals surface area contributed by atoms with E-state index in [4.69, 9.17) is 17.7 Å². The molecule has 6 aromatic rings. The van der Waals surface area contributed by atoms with Crippen molar-refractivity contribution in [2.75, 3.05) is 0 Å². The van der Waals surface area contributed by atoms with Gasteiger partial charge in [0.1, 0.15) is 46.8 Å². The number of carbonyl (C=O) groups excluding carboxylic acids is 3. The predicted octanol–water partition coefficient (Wildman–Crippen LogP) is 6.12. The van der Waals surface area contributed by atoms with E-state index in [1.807, 2.05) is 19.9 Å². The highest BCUT2D eigenvalue weighted by Gasteiger charge is 2.34. The molecule has 0 fully saturated rings. The molecule has 1 aromatic carbocycles. The molecule has 0 saturated carbocycles. The molecule has 1 aliphatic heterocycles.